The fourth-order valence-corrected chi connectivity index (χ4v) is 2.36. The van der Waals surface area contributed by atoms with Crippen LogP contribution < -0.4 is 4.74 Å². The molecule has 4 nitrogen and oxygen atoms in total. The molecule has 1 aliphatic rings. The zero-order valence-electron chi connectivity index (χ0n) is 10.5. The van der Waals surface area contributed by atoms with Crippen molar-refractivity contribution in [3.8, 4) is 17.7 Å². The van der Waals surface area contributed by atoms with E-state index in [0.717, 1.165) is 18.6 Å². The molecule has 2 aromatic rings. The van der Waals surface area contributed by atoms with Gasteiger partial charge in [0.25, 0.3) is 5.88 Å². The van der Waals surface area contributed by atoms with Gasteiger partial charge in [-0.2, -0.15) is 10.4 Å². The lowest BCUT2D eigenvalue weighted by atomic mass is 9.92. The van der Waals surface area contributed by atoms with Gasteiger partial charge in [0.2, 0.25) is 0 Å². The van der Waals surface area contributed by atoms with E-state index in [0.29, 0.717) is 5.56 Å². The Bertz CT molecular complexity index is 646. The topological polar surface area (TPSA) is 58.8 Å². The molecule has 4 heteroatoms. The van der Waals surface area contributed by atoms with Crippen LogP contribution in [0, 0.1) is 11.3 Å². The zero-order valence-corrected chi connectivity index (χ0v) is 10.5. The van der Waals surface area contributed by atoms with Crippen molar-refractivity contribution >= 4 is 0 Å². The molecular weight excluding hydrogens is 238 g/mol. The minimum Gasteiger partial charge on any atom is -0.437 e. The first kappa shape index (κ1) is 11.7. The molecule has 0 bridgehead atoms. The Labute approximate surface area is 111 Å². The Balaban J connectivity index is 1.89. The highest BCUT2D eigenvalue weighted by Gasteiger charge is 2.12. The third kappa shape index (κ3) is 2.41. The van der Waals surface area contributed by atoms with Crippen LogP contribution in [-0.2, 0) is 12.8 Å². The van der Waals surface area contributed by atoms with Crippen molar-refractivity contribution in [1.82, 2.24) is 10.2 Å². The summed E-state index contributed by atoms with van der Waals surface area (Å²) in [4.78, 5) is 0. The molecule has 0 amide bonds. The summed E-state index contributed by atoms with van der Waals surface area (Å²) in [6, 6.07) is 9.73. The second-order valence-corrected chi connectivity index (χ2v) is 4.60. The van der Waals surface area contributed by atoms with E-state index in [1.807, 2.05) is 12.1 Å². The number of hydrogen-bond acceptors (Lipinski definition) is 4. The Hall–Kier alpha value is -2.41. The average Bonchev–Trinajstić information content (AvgIpc) is 2.48. The van der Waals surface area contributed by atoms with Gasteiger partial charge < -0.3 is 4.74 Å². The van der Waals surface area contributed by atoms with Crippen LogP contribution in [0.2, 0.25) is 0 Å². The molecule has 0 fully saturated rings. The molecule has 3 rings (SSSR count). The van der Waals surface area contributed by atoms with Gasteiger partial charge in [-0.1, -0.05) is 6.07 Å². The molecule has 0 saturated heterocycles. The maximum atomic E-state index is 8.99. The first-order chi connectivity index (χ1) is 9.36. The highest BCUT2D eigenvalue weighted by molar-refractivity contribution is 5.42. The van der Waals surface area contributed by atoms with Crippen molar-refractivity contribution in [1.29, 1.82) is 5.26 Å². The summed E-state index contributed by atoms with van der Waals surface area (Å²) in [6.07, 6.45) is 6.21. The molecule has 0 aliphatic heterocycles. The Kier molecular flexibility index (Phi) is 3.11. The molecule has 1 aromatic carbocycles. The fraction of sp³-hybridized carbons (Fsp3) is 0.267. The van der Waals surface area contributed by atoms with Crippen LogP contribution in [0.4, 0.5) is 0 Å². The quantitative estimate of drug-likeness (QED) is 0.823. The number of ether oxygens (including phenoxy) is 1. The molecule has 1 aromatic heterocycles. The minimum absolute atomic E-state index is 0.265. The van der Waals surface area contributed by atoms with Gasteiger partial charge in [-0.3, -0.25) is 0 Å². The normalized spacial score (nSPS) is 13.4. The van der Waals surface area contributed by atoms with Gasteiger partial charge >= 0.3 is 0 Å². The number of benzene rings is 1. The van der Waals surface area contributed by atoms with Crippen molar-refractivity contribution in [2.45, 2.75) is 25.7 Å². The third-order valence-corrected chi connectivity index (χ3v) is 3.34. The van der Waals surface area contributed by atoms with E-state index in [1.165, 1.54) is 30.2 Å². The monoisotopic (exact) mass is 251 g/mol. The van der Waals surface area contributed by atoms with Gasteiger partial charge in [-0.25, -0.2) is 0 Å². The molecule has 0 saturated carbocycles. The number of nitrogens with zero attached hydrogens (tertiary/aromatic N) is 3. The number of aryl methyl sites for hydroxylation is 2. The van der Waals surface area contributed by atoms with E-state index in [-0.39, 0.29) is 5.88 Å². The predicted octanol–water partition coefficient (Wildman–Crippen LogP) is 3.02. The standard InChI is InChI=1S/C15H13N3O/c16-10-13-7-8-17-18-15(13)19-14-6-5-11-3-1-2-4-12(11)9-14/h5-9H,1-4H2. The number of fused-ring (bicyclic) bond motifs is 1. The van der Waals surface area contributed by atoms with Crippen molar-refractivity contribution in [2.75, 3.05) is 0 Å². The number of rotatable bonds is 2. The molecule has 0 N–H and O–H groups in total. The molecule has 1 aliphatic carbocycles. The molecule has 94 valence electrons. The van der Waals surface area contributed by atoms with Crippen LogP contribution in [0.25, 0.3) is 0 Å². The lowest BCUT2D eigenvalue weighted by molar-refractivity contribution is 0.452. The summed E-state index contributed by atoms with van der Waals surface area (Å²) in [5.41, 5.74) is 3.14. The van der Waals surface area contributed by atoms with E-state index in [2.05, 4.69) is 22.3 Å². The maximum absolute atomic E-state index is 8.99. The second kappa shape index (κ2) is 5.07. The van der Waals surface area contributed by atoms with Crippen LogP contribution in [0.3, 0.4) is 0 Å². The van der Waals surface area contributed by atoms with Crippen molar-refractivity contribution in [3.63, 3.8) is 0 Å². The first-order valence-corrected chi connectivity index (χ1v) is 6.38. The van der Waals surface area contributed by atoms with Gasteiger partial charge in [-0.15, -0.1) is 5.10 Å². The lowest BCUT2D eigenvalue weighted by Gasteiger charge is -2.16. The number of aromatic nitrogens is 2. The third-order valence-electron chi connectivity index (χ3n) is 3.34. The van der Waals surface area contributed by atoms with Gasteiger partial charge in [0.1, 0.15) is 17.4 Å². The van der Waals surface area contributed by atoms with E-state index in [1.54, 1.807) is 6.07 Å². The second-order valence-electron chi connectivity index (χ2n) is 4.60. The summed E-state index contributed by atoms with van der Waals surface area (Å²) < 4.78 is 5.67. The fourth-order valence-electron chi connectivity index (χ4n) is 2.36. The molecule has 0 spiro atoms. The smallest absolute Gasteiger partial charge is 0.256 e. The van der Waals surface area contributed by atoms with Crippen LogP contribution in [-0.4, -0.2) is 10.2 Å². The Morgan fingerprint density at radius 3 is 2.79 bits per heavy atom. The number of hydrogen-bond donors (Lipinski definition) is 0. The largest absolute Gasteiger partial charge is 0.437 e. The van der Waals surface area contributed by atoms with Gasteiger partial charge in [-0.05, 0) is 55.0 Å². The van der Waals surface area contributed by atoms with E-state index in [4.69, 9.17) is 10.00 Å². The summed E-state index contributed by atoms with van der Waals surface area (Å²) in [5, 5.41) is 16.6. The molecule has 1 heterocycles. The highest BCUT2D eigenvalue weighted by atomic mass is 16.5. The summed E-state index contributed by atoms with van der Waals surface area (Å²) in [7, 11) is 0. The van der Waals surface area contributed by atoms with Gasteiger partial charge in [0, 0.05) is 0 Å². The van der Waals surface area contributed by atoms with Crippen LogP contribution >= 0.6 is 0 Å². The molecule has 0 unspecified atom stereocenters. The Morgan fingerprint density at radius 1 is 1.11 bits per heavy atom. The van der Waals surface area contributed by atoms with Crippen molar-refractivity contribution in [3.05, 3.63) is 47.2 Å². The SMILES string of the molecule is N#Cc1ccnnc1Oc1ccc2c(c1)CCCC2. The predicted molar refractivity (Wildman–Crippen MR) is 69.9 cm³/mol. The van der Waals surface area contributed by atoms with Crippen molar-refractivity contribution < 1.29 is 4.74 Å². The van der Waals surface area contributed by atoms with E-state index < -0.39 is 0 Å². The summed E-state index contributed by atoms with van der Waals surface area (Å²) in [6.45, 7) is 0. The lowest BCUT2D eigenvalue weighted by Crippen LogP contribution is -2.02. The maximum Gasteiger partial charge on any atom is 0.256 e. The van der Waals surface area contributed by atoms with Crippen LogP contribution in [0.5, 0.6) is 11.6 Å². The molecule has 0 radical (unpaired) electrons. The average molecular weight is 251 g/mol. The van der Waals surface area contributed by atoms with Gasteiger partial charge in [0.15, 0.2) is 0 Å². The summed E-state index contributed by atoms with van der Waals surface area (Å²) >= 11 is 0. The van der Waals surface area contributed by atoms with Crippen LogP contribution in [0.1, 0.15) is 29.5 Å². The van der Waals surface area contributed by atoms with E-state index in [9.17, 15) is 0 Å². The van der Waals surface area contributed by atoms with Crippen LogP contribution in [0.15, 0.2) is 30.5 Å². The molecular formula is C15H13N3O. The first-order valence-electron chi connectivity index (χ1n) is 6.38. The minimum atomic E-state index is 0.265. The zero-order chi connectivity index (χ0) is 13.1. The Morgan fingerprint density at radius 2 is 1.95 bits per heavy atom. The highest BCUT2D eigenvalue weighted by Crippen LogP contribution is 2.28. The summed E-state index contributed by atoms with van der Waals surface area (Å²) in [5.74, 6) is 0.985. The van der Waals surface area contributed by atoms with E-state index >= 15 is 0 Å². The van der Waals surface area contributed by atoms with Gasteiger partial charge in [0.05, 0.1) is 6.20 Å². The number of nitriles is 1. The molecule has 19 heavy (non-hydrogen) atoms. The molecule has 0 atom stereocenters. The van der Waals surface area contributed by atoms with Crippen molar-refractivity contribution in [2.24, 2.45) is 0 Å².